The molecular weight excluding hydrogens is 470 g/mol. The summed E-state index contributed by atoms with van der Waals surface area (Å²) in [6.45, 7) is -0.397. The van der Waals surface area contributed by atoms with Gasteiger partial charge in [-0.15, -0.1) is 16.4 Å². The molecule has 0 spiro atoms. The summed E-state index contributed by atoms with van der Waals surface area (Å²) in [6, 6.07) is 1.00. The highest BCUT2D eigenvalue weighted by Crippen LogP contribution is 2.38. The lowest BCUT2D eigenvalue weighted by Crippen LogP contribution is -2.55. The molecule has 0 radical (unpaired) electrons. The zero-order valence-corrected chi connectivity index (χ0v) is 17.5. The molecule has 9 nitrogen and oxygen atoms in total. The lowest BCUT2D eigenvalue weighted by molar-refractivity contribution is -0.178. The Hall–Kier alpha value is -1.41. The van der Waals surface area contributed by atoms with Crippen molar-refractivity contribution in [2.45, 2.75) is 34.7 Å². The fourth-order valence-corrected chi connectivity index (χ4v) is 5.09. The minimum absolute atomic E-state index is 0.397. The summed E-state index contributed by atoms with van der Waals surface area (Å²) in [6.07, 6.45) is 1.77. The molecule has 28 heavy (non-hydrogen) atoms. The Morgan fingerprint density at radius 1 is 1.25 bits per heavy atom. The molecule has 5 atom stereocenters. The Labute approximate surface area is 176 Å². The maximum absolute atomic E-state index is 10.9. The Kier molecular flexibility index (Phi) is 6.06. The summed E-state index contributed by atoms with van der Waals surface area (Å²) >= 11 is 6.05. The lowest BCUT2D eigenvalue weighted by Gasteiger charge is -2.41. The fourth-order valence-electron chi connectivity index (χ4n) is 2.95. The highest BCUT2D eigenvalue weighted by molar-refractivity contribution is 9.10. The van der Waals surface area contributed by atoms with Crippen molar-refractivity contribution < 1.29 is 20.1 Å². The fraction of sp³-hybridized carbons (Fsp3) is 0.375. The van der Waals surface area contributed by atoms with Crippen LogP contribution in [0, 0.1) is 0 Å². The number of aliphatic hydroxyl groups is 3. The largest absolute Gasteiger partial charge is 0.394 e. The van der Waals surface area contributed by atoms with E-state index >= 15 is 0 Å². The molecule has 3 aromatic heterocycles. The molecule has 0 aliphatic carbocycles. The van der Waals surface area contributed by atoms with Gasteiger partial charge in [-0.25, -0.2) is 9.67 Å². The zero-order chi connectivity index (χ0) is 19.7. The van der Waals surface area contributed by atoms with Crippen molar-refractivity contribution in [3.05, 3.63) is 40.0 Å². The predicted molar refractivity (Wildman–Crippen MR) is 106 cm³/mol. The van der Waals surface area contributed by atoms with Crippen LogP contribution in [-0.2, 0) is 4.74 Å². The molecule has 0 bridgehead atoms. The number of pyridine rings is 1. The van der Waals surface area contributed by atoms with Crippen LogP contribution < -0.4 is 0 Å². The average molecular weight is 486 g/mol. The molecule has 0 amide bonds. The summed E-state index contributed by atoms with van der Waals surface area (Å²) in [5, 5.41) is 41.2. The lowest BCUT2D eigenvalue weighted by atomic mass is 9.97. The number of aromatic nitrogens is 5. The summed E-state index contributed by atoms with van der Waals surface area (Å²) in [7, 11) is 0. The van der Waals surface area contributed by atoms with E-state index in [2.05, 4.69) is 36.2 Å². The van der Waals surface area contributed by atoms with Crippen LogP contribution in [0.1, 0.15) is 6.04 Å². The van der Waals surface area contributed by atoms with Crippen LogP contribution in [0.5, 0.6) is 0 Å². The van der Waals surface area contributed by atoms with Crippen molar-refractivity contribution in [1.82, 2.24) is 25.0 Å². The van der Waals surface area contributed by atoms with E-state index in [1.165, 1.54) is 27.8 Å². The number of nitrogens with zero attached hydrogens (tertiary/aromatic N) is 5. The number of thioether (sulfide) groups is 1. The number of hydrogen-bond donors (Lipinski definition) is 3. The van der Waals surface area contributed by atoms with Gasteiger partial charge in [-0.1, -0.05) is 17.0 Å². The van der Waals surface area contributed by atoms with Crippen LogP contribution in [0.15, 0.2) is 44.9 Å². The smallest absolute Gasteiger partial charge is 0.136 e. The number of hydrogen-bond acceptors (Lipinski definition) is 10. The van der Waals surface area contributed by atoms with Crippen molar-refractivity contribution in [3.8, 4) is 11.4 Å². The second kappa shape index (κ2) is 8.53. The molecule has 3 N–H and O–H groups in total. The highest BCUT2D eigenvalue weighted by atomic mass is 79.9. The predicted octanol–water partition coefficient (Wildman–Crippen LogP) is 1.33. The van der Waals surface area contributed by atoms with Gasteiger partial charge in [-0.2, -0.15) is 0 Å². The standard InChI is InChI=1S/C16H16BrN5O4S2/c17-8-1-9(3-18-2-8)28-16-15(25)13(14(24)12(5-23)26-16)22-4-10(20-21-22)11-6-27-7-19-11/h1-4,6-7,12-16,23-25H,5H2. The molecule has 12 heteroatoms. The van der Waals surface area contributed by atoms with Gasteiger partial charge in [0, 0.05) is 27.1 Å². The molecule has 0 aromatic carbocycles. The molecule has 1 aliphatic heterocycles. The van der Waals surface area contributed by atoms with Crippen molar-refractivity contribution in [1.29, 1.82) is 0 Å². The van der Waals surface area contributed by atoms with E-state index in [1.807, 2.05) is 11.4 Å². The monoisotopic (exact) mass is 485 g/mol. The van der Waals surface area contributed by atoms with Gasteiger partial charge in [0.15, 0.2) is 0 Å². The van der Waals surface area contributed by atoms with Crippen LogP contribution in [0.3, 0.4) is 0 Å². The summed E-state index contributed by atoms with van der Waals surface area (Å²) < 4.78 is 7.93. The first-order chi connectivity index (χ1) is 13.6. The van der Waals surface area contributed by atoms with Crippen LogP contribution in [0.25, 0.3) is 11.4 Å². The maximum atomic E-state index is 10.9. The van der Waals surface area contributed by atoms with Gasteiger partial charge in [0.05, 0.1) is 18.3 Å². The average Bonchev–Trinajstić information content (AvgIpc) is 3.36. The SMILES string of the molecule is OCC1OC(Sc2cncc(Br)c2)C(O)C(n2cc(-c3cscn3)nn2)C1O. The van der Waals surface area contributed by atoms with Crippen molar-refractivity contribution in [3.63, 3.8) is 0 Å². The van der Waals surface area contributed by atoms with Crippen molar-refractivity contribution >= 4 is 39.0 Å². The van der Waals surface area contributed by atoms with E-state index in [-0.39, 0.29) is 0 Å². The Bertz CT molecular complexity index is 927. The molecule has 1 aliphatic rings. The molecule has 4 heterocycles. The second-order valence-electron chi connectivity index (χ2n) is 6.11. The van der Waals surface area contributed by atoms with Gasteiger partial charge in [0.2, 0.25) is 0 Å². The first-order valence-corrected chi connectivity index (χ1v) is 10.9. The van der Waals surface area contributed by atoms with E-state index in [9.17, 15) is 15.3 Å². The first kappa shape index (κ1) is 19.9. The third-order valence-electron chi connectivity index (χ3n) is 4.29. The minimum atomic E-state index is -1.16. The van der Waals surface area contributed by atoms with E-state index in [4.69, 9.17) is 4.74 Å². The summed E-state index contributed by atoms with van der Waals surface area (Å²) in [5.74, 6) is 0. The minimum Gasteiger partial charge on any atom is -0.394 e. The molecule has 5 unspecified atom stereocenters. The topological polar surface area (TPSA) is 126 Å². The van der Waals surface area contributed by atoms with E-state index in [0.717, 1.165) is 9.37 Å². The number of halogens is 1. The maximum Gasteiger partial charge on any atom is 0.136 e. The van der Waals surface area contributed by atoms with Crippen LogP contribution in [-0.4, -0.2) is 70.6 Å². The number of ether oxygens (including phenoxy) is 1. The van der Waals surface area contributed by atoms with Gasteiger partial charge < -0.3 is 20.1 Å². The summed E-state index contributed by atoms with van der Waals surface area (Å²) in [5.41, 5.74) is 2.14. The molecule has 3 aromatic rings. The second-order valence-corrected chi connectivity index (χ2v) is 8.92. The van der Waals surface area contributed by atoms with E-state index < -0.39 is 36.4 Å². The number of aliphatic hydroxyl groups excluding tert-OH is 3. The summed E-state index contributed by atoms with van der Waals surface area (Å²) in [4.78, 5) is 9.06. The first-order valence-electron chi connectivity index (χ1n) is 8.27. The van der Waals surface area contributed by atoms with Crippen LogP contribution in [0.4, 0.5) is 0 Å². The van der Waals surface area contributed by atoms with Gasteiger partial charge >= 0.3 is 0 Å². The number of thiazole rings is 1. The third kappa shape index (κ3) is 3.99. The highest BCUT2D eigenvalue weighted by Gasteiger charge is 2.46. The Balaban J connectivity index is 1.61. The van der Waals surface area contributed by atoms with Gasteiger partial charge in [0.25, 0.3) is 0 Å². The van der Waals surface area contributed by atoms with E-state index in [0.29, 0.717) is 11.4 Å². The van der Waals surface area contributed by atoms with Crippen LogP contribution in [0.2, 0.25) is 0 Å². The number of rotatable bonds is 5. The van der Waals surface area contributed by atoms with Crippen molar-refractivity contribution in [2.24, 2.45) is 0 Å². The quantitative estimate of drug-likeness (QED) is 0.490. The van der Waals surface area contributed by atoms with Gasteiger partial charge in [0.1, 0.15) is 41.2 Å². The molecule has 148 valence electrons. The normalized spacial score (nSPS) is 27.8. The van der Waals surface area contributed by atoms with Crippen molar-refractivity contribution in [2.75, 3.05) is 6.61 Å². The Morgan fingerprint density at radius 2 is 2.11 bits per heavy atom. The molecule has 4 rings (SSSR count). The Morgan fingerprint density at radius 3 is 2.82 bits per heavy atom. The van der Waals surface area contributed by atoms with E-state index in [1.54, 1.807) is 24.1 Å². The molecule has 1 saturated heterocycles. The van der Waals surface area contributed by atoms with Gasteiger partial charge in [-0.3, -0.25) is 4.98 Å². The molecular formula is C16H16BrN5O4S2. The molecule has 0 saturated carbocycles. The zero-order valence-electron chi connectivity index (χ0n) is 14.2. The van der Waals surface area contributed by atoms with Crippen LogP contribution >= 0.6 is 39.0 Å². The van der Waals surface area contributed by atoms with Gasteiger partial charge in [-0.05, 0) is 22.0 Å². The third-order valence-corrected chi connectivity index (χ3v) is 6.43. The molecule has 1 fully saturated rings.